The molecule has 5 rings (SSSR count). The molecule has 1 aliphatic rings. The van der Waals surface area contributed by atoms with Crippen LogP contribution in [0.4, 0.5) is 0 Å². The molecule has 0 amide bonds. The number of ether oxygens (including phenoxy) is 1. The predicted octanol–water partition coefficient (Wildman–Crippen LogP) is 3.55. The van der Waals surface area contributed by atoms with Gasteiger partial charge in [-0.05, 0) is 43.8 Å². The van der Waals surface area contributed by atoms with Gasteiger partial charge in [0, 0.05) is 20.5 Å². The van der Waals surface area contributed by atoms with Crippen LogP contribution in [0.2, 0.25) is 0 Å². The third-order valence-electron chi connectivity index (χ3n) is 5.69. The molecule has 2 aromatic heterocycles. The Balaban J connectivity index is 0.00000180. The van der Waals surface area contributed by atoms with Crippen LogP contribution in [0.25, 0.3) is 34.3 Å². The van der Waals surface area contributed by atoms with Crippen molar-refractivity contribution in [2.75, 3.05) is 20.3 Å². The highest BCUT2D eigenvalue weighted by atomic mass is 32.2. The summed E-state index contributed by atoms with van der Waals surface area (Å²) in [7, 11) is -1.49. The van der Waals surface area contributed by atoms with Gasteiger partial charge in [-0.3, -0.25) is 4.98 Å². The number of nitrogens with one attached hydrogen (secondary N) is 1. The second-order valence-corrected chi connectivity index (χ2v) is 10.3. The van der Waals surface area contributed by atoms with Crippen molar-refractivity contribution >= 4 is 9.84 Å². The number of hydrogen-bond acceptors (Lipinski definition) is 9. The first kappa shape index (κ1) is 22.3. The van der Waals surface area contributed by atoms with E-state index >= 15 is 0 Å². The number of nitrogens with zero attached hydrogens (tertiary/aromatic N) is 4. The Morgan fingerprint density at radius 1 is 1.00 bits per heavy atom. The summed E-state index contributed by atoms with van der Waals surface area (Å²) in [5.74, 6) is 0.664. The zero-order chi connectivity index (χ0) is 23.7. The molecule has 1 aliphatic heterocycles. The van der Waals surface area contributed by atoms with Crippen LogP contribution < -0.4 is 5.32 Å². The van der Waals surface area contributed by atoms with E-state index in [1.807, 2.05) is 38.2 Å². The molecule has 34 heavy (non-hydrogen) atoms. The molecule has 0 spiro atoms. The zero-order valence-electron chi connectivity index (χ0n) is 18.7. The van der Waals surface area contributed by atoms with Gasteiger partial charge in [0.15, 0.2) is 9.84 Å². The molecular formula is C24H27N5O4S. The van der Waals surface area contributed by atoms with Crippen LogP contribution in [0, 0.1) is 6.92 Å². The molecule has 0 atom stereocenters. The Morgan fingerprint density at radius 3 is 2.32 bits per heavy atom. The lowest BCUT2D eigenvalue weighted by molar-refractivity contribution is 0.0416. The average molecular weight is 482 g/mol. The van der Waals surface area contributed by atoms with Crippen molar-refractivity contribution < 1.29 is 20.4 Å². The quantitative estimate of drug-likeness (QED) is 0.422. The summed E-state index contributed by atoms with van der Waals surface area (Å²) in [6.45, 7) is 3.07. The van der Waals surface area contributed by atoms with E-state index in [-0.39, 0.29) is 26.9 Å². The Kier molecular flexibility index (Phi) is 5.94. The zero-order valence-corrected chi connectivity index (χ0v) is 19.5. The first-order chi connectivity index (χ1) is 16.5. The fourth-order valence-electron chi connectivity index (χ4n) is 3.60. The summed E-state index contributed by atoms with van der Waals surface area (Å²) >= 11 is 0. The number of aromatic nitrogens is 4. The predicted molar refractivity (Wildman–Crippen MR) is 130 cm³/mol. The van der Waals surface area contributed by atoms with Crippen LogP contribution in [-0.4, -0.2) is 54.1 Å². The van der Waals surface area contributed by atoms with Crippen LogP contribution >= 0.6 is 0 Å². The van der Waals surface area contributed by atoms with Gasteiger partial charge in [0.25, 0.3) is 5.89 Å². The second kappa shape index (κ2) is 9.05. The fourth-order valence-corrected chi connectivity index (χ4v) is 5.05. The molecule has 3 heterocycles. The summed E-state index contributed by atoms with van der Waals surface area (Å²) < 4.78 is 36.1. The van der Waals surface area contributed by atoms with Crippen molar-refractivity contribution in [3.05, 3.63) is 66.0 Å². The maximum Gasteiger partial charge on any atom is 0.268 e. The van der Waals surface area contributed by atoms with Gasteiger partial charge >= 0.3 is 0 Å². The molecular weight excluding hydrogens is 454 g/mol. The molecule has 10 heteroatoms. The number of rotatable bonds is 7. The first-order valence-corrected chi connectivity index (χ1v) is 12.3. The largest absolute Gasteiger partial charge is 0.415 e. The smallest absolute Gasteiger partial charge is 0.268 e. The van der Waals surface area contributed by atoms with Crippen LogP contribution in [0.3, 0.4) is 0 Å². The molecule has 0 radical (unpaired) electrons. The van der Waals surface area contributed by atoms with Gasteiger partial charge in [-0.25, -0.2) is 13.4 Å². The van der Waals surface area contributed by atoms with Gasteiger partial charge in [0.2, 0.25) is 5.89 Å². The SMILES string of the molecule is CNCc1ccc(-c2nnc(-c3nc(-c4ccc(S(=O)(=O)C5COC5)cc4)cnc3C)o2)cc1.[HH].[HH]. The van der Waals surface area contributed by atoms with Crippen molar-refractivity contribution in [1.82, 2.24) is 25.5 Å². The van der Waals surface area contributed by atoms with Crippen molar-refractivity contribution in [1.29, 1.82) is 0 Å². The molecule has 1 fully saturated rings. The minimum absolute atomic E-state index is 0. The number of sulfone groups is 1. The van der Waals surface area contributed by atoms with Crippen LogP contribution in [0.1, 0.15) is 14.1 Å². The minimum atomic E-state index is -3.39. The van der Waals surface area contributed by atoms with Crippen LogP contribution in [0.5, 0.6) is 0 Å². The molecule has 178 valence electrons. The van der Waals surface area contributed by atoms with E-state index in [1.54, 1.807) is 30.5 Å². The second-order valence-electron chi connectivity index (χ2n) is 8.06. The summed E-state index contributed by atoms with van der Waals surface area (Å²) in [5.41, 5.74) is 4.40. The summed E-state index contributed by atoms with van der Waals surface area (Å²) in [6.07, 6.45) is 1.64. The summed E-state index contributed by atoms with van der Waals surface area (Å²) in [6, 6.07) is 14.5. The summed E-state index contributed by atoms with van der Waals surface area (Å²) in [4.78, 5) is 9.38. The van der Waals surface area contributed by atoms with E-state index < -0.39 is 15.1 Å². The minimum Gasteiger partial charge on any atom is -0.415 e. The van der Waals surface area contributed by atoms with Crippen LogP contribution in [0.15, 0.2) is 64.0 Å². The lowest BCUT2D eigenvalue weighted by atomic mass is 10.1. The highest BCUT2D eigenvalue weighted by molar-refractivity contribution is 7.92. The van der Waals surface area contributed by atoms with E-state index in [4.69, 9.17) is 9.15 Å². The molecule has 0 bridgehead atoms. The monoisotopic (exact) mass is 481 g/mol. The van der Waals surface area contributed by atoms with Gasteiger partial charge in [-0.1, -0.05) is 24.3 Å². The number of benzene rings is 2. The Bertz CT molecular complexity index is 1420. The third kappa shape index (κ3) is 4.23. The van der Waals surface area contributed by atoms with E-state index in [2.05, 4.69) is 25.5 Å². The lowest BCUT2D eigenvalue weighted by Crippen LogP contribution is -2.40. The van der Waals surface area contributed by atoms with Crippen molar-refractivity contribution in [2.24, 2.45) is 0 Å². The fraction of sp³-hybridized carbons (Fsp3) is 0.250. The van der Waals surface area contributed by atoms with Crippen molar-refractivity contribution in [3.63, 3.8) is 0 Å². The molecule has 0 aliphatic carbocycles. The maximum absolute atomic E-state index is 12.6. The van der Waals surface area contributed by atoms with Gasteiger partial charge in [0.05, 0.1) is 35.7 Å². The third-order valence-corrected chi connectivity index (χ3v) is 7.77. The molecule has 4 aromatic rings. The Labute approximate surface area is 200 Å². The van der Waals surface area contributed by atoms with Crippen LogP contribution in [-0.2, 0) is 21.1 Å². The molecule has 0 unspecified atom stereocenters. The molecule has 1 N–H and O–H groups in total. The summed E-state index contributed by atoms with van der Waals surface area (Å²) in [5, 5.41) is 11.0. The topological polar surface area (TPSA) is 120 Å². The van der Waals surface area contributed by atoms with Gasteiger partial charge in [-0.15, -0.1) is 10.2 Å². The van der Waals surface area contributed by atoms with Crippen molar-refractivity contribution in [3.8, 4) is 34.3 Å². The highest BCUT2D eigenvalue weighted by Gasteiger charge is 2.33. The van der Waals surface area contributed by atoms with Gasteiger partial charge < -0.3 is 14.5 Å². The first-order valence-electron chi connectivity index (χ1n) is 10.8. The van der Waals surface area contributed by atoms with Crippen molar-refractivity contribution in [2.45, 2.75) is 23.6 Å². The molecule has 1 saturated heterocycles. The number of hydrogen-bond donors (Lipinski definition) is 1. The Hall–Kier alpha value is -3.47. The molecule has 9 nitrogen and oxygen atoms in total. The maximum atomic E-state index is 12.6. The number of aryl methyl sites for hydroxylation is 1. The highest BCUT2D eigenvalue weighted by Crippen LogP contribution is 2.28. The molecule has 0 saturated carbocycles. The van der Waals surface area contributed by atoms with E-state index in [1.165, 1.54) is 0 Å². The average Bonchev–Trinajstić information content (AvgIpc) is 3.29. The van der Waals surface area contributed by atoms with E-state index in [9.17, 15) is 8.42 Å². The van der Waals surface area contributed by atoms with E-state index in [0.29, 0.717) is 23.0 Å². The lowest BCUT2D eigenvalue weighted by Gasteiger charge is -2.25. The molecule has 2 aromatic carbocycles. The van der Waals surface area contributed by atoms with Gasteiger partial charge in [0.1, 0.15) is 10.9 Å². The van der Waals surface area contributed by atoms with Gasteiger partial charge in [-0.2, -0.15) is 0 Å². The Morgan fingerprint density at radius 2 is 1.68 bits per heavy atom. The normalized spacial score (nSPS) is 14.2. The van der Waals surface area contributed by atoms with E-state index in [0.717, 1.165) is 23.2 Å². The standard InChI is InChI=1S/C24H23N5O4S.2H2/c1-15-22(24-29-28-23(33-24)18-5-3-16(4-6-18)11-25-2)27-21(12-26-15)17-7-9-19(10-8-17)34(30,31)20-13-32-14-20;;/h3-10,12,20,25H,11,13-14H2,1-2H3;2*1H.